The number of aryl methyl sites for hydroxylation is 1. The number of nitrogen functional groups attached to an aromatic ring is 1. The highest BCUT2D eigenvalue weighted by Gasteiger charge is 2.17. The lowest BCUT2D eigenvalue weighted by atomic mass is 10.1. The molecule has 36 heavy (non-hydrogen) atoms. The molecule has 11 heteroatoms. The smallest absolute Gasteiger partial charge is 0.331 e. The van der Waals surface area contributed by atoms with Gasteiger partial charge >= 0.3 is 5.69 Å². The maximum absolute atomic E-state index is 13.3. The molecule has 4 aromatic rings. The molecule has 1 aromatic heterocycles. The zero-order valence-electron chi connectivity index (χ0n) is 19.5. The largest absolute Gasteiger partial charge is 0.384 e. The van der Waals surface area contributed by atoms with Crippen molar-refractivity contribution in [1.82, 2.24) is 9.13 Å². The molecular formula is C25H26ClN5O4S. The van der Waals surface area contributed by atoms with E-state index in [9.17, 15) is 18.0 Å². The fourth-order valence-corrected chi connectivity index (χ4v) is 4.92. The molecule has 0 atom stereocenters. The first-order valence-electron chi connectivity index (χ1n) is 11.0. The van der Waals surface area contributed by atoms with Gasteiger partial charge in [0.25, 0.3) is 15.6 Å². The van der Waals surface area contributed by atoms with Crippen LogP contribution in [0.15, 0.2) is 87.3 Å². The maximum atomic E-state index is 13.3. The molecule has 9 nitrogen and oxygen atoms in total. The number of fused-ring (bicyclic) bond motifs is 1. The average molecular weight is 528 g/mol. The zero-order valence-corrected chi connectivity index (χ0v) is 21.1. The van der Waals surface area contributed by atoms with E-state index in [1.165, 1.54) is 34.9 Å². The zero-order chi connectivity index (χ0) is 25.2. The van der Waals surface area contributed by atoms with Crippen LogP contribution in [0.3, 0.4) is 0 Å². The SMILES string of the molecule is CCCn1c(=O)n(Cc2ccc(C(=N)N)cc2)c(=O)c2ccc(NS(=O)(=O)c3ccccc3)cc21.Cl. The number of rotatable bonds is 8. The van der Waals surface area contributed by atoms with Crippen molar-refractivity contribution in [1.29, 1.82) is 5.41 Å². The molecule has 0 bridgehead atoms. The fraction of sp³-hybridized carbons (Fsp3) is 0.160. The number of hydrogen-bond acceptors (Lipinski definition) is 5. The molecule has 0 spiro atoms. The summed E-state index contributed by atoms with van der Waals surface area (Å²) < 4.78 is 30.7. The molecule has 1 heterocycles. The number of nitrogens with two attached hydrogens (primary N) is 1. The van der Waals surface area contributed by atoms with Gasteiger partial charge < -0.3 is 5.73 Å². The summed E-state index contributed by atoms with van der Waals surface area (Å²) in [4.78, 5) is 26.7. The van der Waals surface area contributed by atoms with E-state index >= 15 is 0 Å². The van der Waals surface area contributed by atoms with Gasteiger partial charge in [-0.1, -0.05) is 49.4 Å². The van der Waals surface area contributed by atoms with Gasteiger partial charge in [0.2, 0.25) is 0 Å². The molecule has 0 aliphatic rings. The Morgan fingerprint density at radius 2 is 1.64 bits per heavy atom. The fourth-order valence-electron chi connectivity index (χ4n) is 3.85. The third kappa shape index (κ3) is 5.34. The van der Waals surface area contributed by atoms with Crippen LogP contribution in [-0.2, 0) is 23.1 Å². The van der Waals surface area contributed by atoms with E-state index in [-0.39, 0.29) is 35.4 Å². The predicted molar refractivity (Wildman–Crippen MR) is 144 cm³/mol. The summed E-state index contributed by atoms with van der Waals surface area (Å²) in [6.07, 6.45) is 0.639. The van der Waals surface area contributed by atoms with Crippen molar-refractivity contribution >= 4 is 44.9 Å². The summed E-state index contributed by atoms with van der Waals surface area (Å²) in [7, 11) is -3.83. The number of amidine groups is 1. The second-order valence-corrected chi connectivity index (χ2v) is 9.77. The van der Waals surface area contributed by atoms with Gasteiger partial charge in [0.1, 0.15) is 5.84 Å². The minimum atomic E-state index is -3.83. The highest BCUT2D eigenvalue weighted by molar-refractivity contribution is 7.92. The Labute approximate surface area is 214 Å². The van der Waals surface area contributed by atoms with E-state index in [1.54, 1.807) is 42.5 Å². The number of aromatic nitrogens is 2. The van der Waals surface area contributed by atoms with Gasteiger partial charge in [0, 0.05) is 12.1 Å². The third-order valence-electron chi connectivity index (χ3n) is 5.58. The molecule has 4 rings (SSSR count). The number of nitrogens with zero attached hydrogens (tertiary/aromatic N) is 2. The Hall–Kier alpha value is -3.89. The summed E-state index contributed by atoms with van der Waals surface area (Å²) in [5.74, 6) is -0.0663. The lowest BCUT2D eigenvalue weighted by Crippen LogP contribution is -2.40. The molecule has 0 unspecified atom stereocenters. The van der Waals surface area contributed by atoms with Crippen molar-refractivity contribution in [2.75, 3.05) is 4.72 Å². The molecule has 188 valence electrons. The summed E-state index contributed by atoms with van der Waals surface area (Å²) in [6, 6.07) is 19.3. The minimum Gasteiger partial charge on any atom is -0.384 e. The summed E-state index contributed by atoms with van der Waals surface area (Å²) >= 11 is 0. The van der Waals surface area contributed by atoms with Crippen molar-refractivity contribution < 1.29 is 8.42 Å². The Balaban J connectivity index is 0.00000361. The second-order valence-electron chi connectivity index (χ2n) is 8.09. The Kier molecular flexibility index (Phi) is 8.01. The molecule has 0 radical (unpaired) electrons. The first-order chi connectivity index (χ1) is 16.7. The molecule has 0 aliphatic heterocycles. The predicted octanol–water partition coefficient (Wildman–Crippen LogP) is 3.13. The molecule has 3 aromatic carbocycles. The molecule has 0 amide bonds. The van der Waals surface area contributed by atoms with Gasteiger partial charge in [-0.05, 0) is 42.3 Å². The molecule has 0 saturated carbocycles. The Morgan fingerprint density at radius 3 is 2.25 bits per heavy atom. The molecule has 4 N–H and O–H groups in total. The van der Waals surface area contributed by atoms with Crippen LogP contribution in [0.2, 0.25) is 0 Å². The van der Waals surface area contributed by atoms with Crippen LogP contribution in [0, 0.1) is 5.41 Å². The number of sulfonamides is 1. The third-order valence-corrected chi connectivity index (χ3v) is 6.98. The van der Waals surface area contributed by atoms with Crippen LogP contribution in [0.1, 0.15) is 24.5 Å². The Morgan fingerprint density at radius 1 is 0.972 bits per heavy atom. The quantitative estimate of drug-likeness (QED) is 0.238. The second kappa shape index (κ2) is 10.8. The van der Waals surface area contributed by atoms with Crippen LogP contribution >= 0.6 is 12.4 Å². The van der Waals surface area contributed by atoms with E-state index in [4.69, 9.17) is 11.1 Å². The topological polar surface area (TPSA) is 140 Å². The first kappa shape index (κ1) is 26.7. The van der Waals surface area contributed by atoms with Gasteiger partial charge in [0.15, 0.2) is 0 Å². The lowest BCUT2D eigenvalue weighted by Gasteiger charge is -2.15. The molecular weight excluding hydrogens is 502 g/mol. The van der Waals surface area contributed by atoms with E-state index in [0.717, 1.165) is 4.57 Å². The van der Waals surface area contributed by atoms with Gasteiger partial charge in [-0.2, -0.15) is 0 Å². The first-order valence-corrected chi connectivity index (χ1v) is 12.5. The van der Waals surface area contributed by atoms with Gasteiger partial charge in [-0.15, -0.1) is 12.4 Å². The number of halogens is 1. The van der Waals surface area contributed by atoms with E-state index < -0.39 is 21.3 Å². The minimum absolute atomic E-state index is 0. The van der Waals surface area contributed by atoms with Crippen LogP contribution in [0.4, 0.5) is 5.69 Å². The summed E-state index contributed by atoms with van der Waals surface area (Å²) in [5.41, 5.74) is 6.42. The number of nitrogens with one attached hydrogen (secondary N) is 2. The highest BCUT2D eigenvalue weighted by atomic mass is 35.5. The maximum Gasteiger partial charge on any atom is 0.331 e. The monoisotopic (exact) mass is 527 g/mol. The van der Waals surface area contributed by atoms with Crippen molar-refractivity contribution in [3.63, 3.8) is 0 Å². The number of anilines is 1. The van der Waals surface area contributed by atoms with Crippen LogP contribution in [0.5, 0.6) is 0 Å². The van der Waals surface area contributed by atoms with Crippen LogP contribution < -0.4 is 21.7 Å². The van der Waals surface area contributed by atoms with Gasteiger partial charge in [0.05, 0.1) is 28.0 Å². The van der Waals surface area contributed by atoms with Crippen molar-refractivity contribution in [3.05, 3.63) is 105 Å². The Bertz CT molecular complexity index is 1630. The van der Waals surface area contributed by atoms with Gasteiger partial charge in [-0.3, -0.25) is 24.1 Å². The molecule has 0 saturated heterocycles. The van der Waals surface area contributed by atoms with Crippen molar-refractivity contribution in [2.24, 2.45) is 5.73 Å². The van der Waals surface area contributed by atoms with Crippen LogP contribution in [0.25, 0.3) is 10.9 Å². The molecule has 0 fully saturated rings. The summed E-state index contributed by atoms with van der Waals surface area (Å²) in [5, 5.41) is 7.81. The normalized spacial score (nSPS) is 11.1. The average Bonchev–Trinajstić information content (AvgIpc) is 2.85. The highest BCUT2D eigenvalue weighted by Crippen LogP contribution is 2.20. The summed E-state index contributed by atoms with van der Waals surface area (Å²) in [6.45, 7) is 2.32. The van der Waals surface area contributed by atoms with E-state index in [0.29, 0.717) is 35.0 Å². The van der Waals surface area contributed by atoms with E-state index in [1.807, 2.05) is 6.92 Å². The van der Waals surface area contributed by atoms with Gasteiger partial charge in [-0.25, -0.2) is 13.2 Å². The lowest BCUT2D eigenvalue weighted by molar-refractivity contribution is 0.593. The van der Waals surface area contributed by atoms with Crippen molar-refractivity contribution in [3.8, 4) is 0 Å². The van der Waals surface area contributed by atoms with E-state index in [2.05, 4.69) is 4.72 Å². The number of benzene rings is 3. The standard InChI is InChI=1S/C25H25N5O4S.ClH/c1-2-14-29-22-15-19(28-35(33,34)20-6-4-3-5-7-20)12-13-21(22)24(31)30(25(29)32)16-17-8-10-18(11-9-17)23(26)27;/h3-13,15,28H,2,14,16H2,1H3,(H3,26,27);1H. The van der Waals surface area contributed by atoms with Crippen LogP contribution in [-0.4, -0.2) is 23.4 Å². The number of hydrogen-bond donors (Lipinski definition) is 3. The van der Waals surface area contributed by atoms with Crippen molar-refractivity contribution in [2.45, 2.75) is 31.3 Å². The molecule has 0 aliphatic carbocycles.